The molecule has 2 amide bonds. The molecule has 0 unspecified atom stereocenters. The van der Waals surface area contributed by atoms with Crippen LogP contribution in [0.4, 0.5) is 0 Å². The summed E-state index contributed by atoms with van der Waals surface area (Å²) in [7, 11) is 0. The summed E-state index contributed by atoms with van der Waals surface area (Å²) >= 11 is 0. The zero-order valence-corrected chi connectivity index (χ0v) is 13.8. The summed E-state index contributed by atoms with van der Waals surface area (Å²) in [6.45, 7) is 4.47. The number of benzene rings is 1. The average Bonchev–Trinajstić information content (AvgIpc) is 3.02. The number of likely N-dealkylation sites (tertiary alicyclic amines) is 1. The fraction of sp³-hybridized carbons (Fsp3) is 0.389. The molecule has 124 valence electrons. The lowest BCUT2D eigenvalue weighted by Gasteiger charge is -2.25. The molecule has 1 saturated carbocycles. The van der Waals surface area contributed by atoms with E-state index in [0.717, 1.165) is 23.4 Å². The number of carbonyl (C=O) groups excluding carboxylic acids is 2. The Morgan fingerprint density at radius 2 is 1.92 bits per heavy atom. The summed E-state index contributed by atoms with van der Waals surface area (Å²) < 4.78 is 1.65. The molecule has 6 nitrogen and oxygen atoms in total. The fourth-order valence-corrected chi connectivity index (χ4v) is 3.72. The molecule has 1 aromatic carbocycles. The minimum absolute atomic E-state index is 0.174. The fourth-order valence-electron chi connectivity index (χ4n) is 3.72. The van der Waals surface area contributed by atoms with E-state index in [1.807, 2.05) is 38.1 Å². The summed E-state index contributed by atoms with van der Waals surface area (Å²) in [5, 5.41) is 4.46. The molecule has 2 N–H and O–H groups in total. The SMILES string of the molecule is Cc1ccc(-n2nc(C)cc2C(=O)N2C[C@@H]3C[C@@H]3[C@H]2C(N)=O)cc1. The zero-order chi connectivity index (χ0) is 17.0. The Hall–Kier alpha value is -2.63. The van der Waals surface area contributed by atoms with Crippen molar-refractivity contribution in [3.8, 4) is 5.69 Å². The van der Waals surface area contributed by atoms with Gasteiger partial charge in [0.2, 0.25) is 5.91 Å². The molecule has 2 heterocycles. The second-order valence-electron chi connectivity index (χ2n) is 6.88. The number of aryl methyl sites for hydroxylation is 2. The number of hydrogen-bond acceptors (Lipinski definition) is 3. The number of nitrogens with two attached hydrogens (primary N) is 1. The monoisotopic (exact) mass is 324 g/mol. The molecule has 0 radical (unpaired) electrons. The van der Waals surface area contributed by atoms with Gasteiger partial charge >= 0.3 is 0 Å². The van der Waals surface area contributed by atoms with Crippen molar-refractivity contribution in [3.63, 3.8) is 0 Å². The number of rotatable bonds is 3. The van der Waals surface area contributed by atoms with Crippen molar-refractivity contribution in [2.75, 3.05) is 6.54 Å². The number of hydrogen-bond donors (Lipinski definition) is 1. The van der Waals surface area contributed by atoms with Gasteiger partial charge in [-0.05, 0) is 50.3 Å². The Morgan fingerprint density at radius 1 is 1.21 bits per heavy atom. The first-order chi connectivity index (χ1) is 11.5. The third kappa shape index (κ3) is 2.29. The van der Waals surface area contributed by atoms with Crippen molar-refractivity contribution in [3.05, 3.63) is 47.3 Å². The van der Waals surface area contributed by atoms with Crippen molar-refractivity contribution in [2.24, 2.45) is 17.6 Å². The standard InChI is InChI=1S/C18H20N4O2/c1-10-3-5-13(6-4-10)22-15(7-11(2)20-22)18(24)21-9-12-8-14(12)16(21)17(19)23/h3-7,12,14,16H,8-9H2,1-2H3,(H2,19,23)/t12-,14-,16-/m0/s1. The average molecular weight is 324 g/mol. The minimum Gasteiger partial charge on any atom is -0.368 e. The van der Waals surface area contributed by atoms with Gasteiger partial charge in [-0.1, -0.05) is 17.7 Å². The lowest BCUT2D eigenvalue weighted by atomic mass is 10.1. The molecule has 1 aliphatic carbocycles. The third-order valence-electron chi connectivity index (χ3n) is 5.03. The Labute approximate surface area is 140 Å². The zero-order valence-electron chi connectivity index (χ0n) is 13.8. The highest BCUT2D eigenvalue weighted by Gasteiger charge is 2.56. The number of nitrogens with zero attached hydrogens (tertiary/aromatic N) is 3. The van der Waals surface area contributed by atoms with Gasteiger partial charge in [0.25, 0.3) is 5.91 Å². The summed E-state index contributed by atoms with van der Waals surface area (Å²) in [5.74, 6) is 0.0743. The van der Waals surface area contributed by atoms with E-state index in [1.165, 1.54) is 0 Å². The smallest absolute Gasteiger partial charge is 0.273 e. The van der Waals surface area contributed by atoms with Crippen molar-refractivity contribution < 1.29 is 9.59 Å². The third-order valence-corrected chi connectivity index (χ3v) is 5.03. The van der Waals surface area contributed by atoms with Gasteiger partial charge in [0.1, 0.15) is 11.7 Å². The molecule has 3 atom stereocenters. The van der Waals surface area contributed by atoms with Crippen LogP contribution in [0.3, 0.4) is 0 Å². The largest absolute Gasteiger partial charge is 0.368 e. The van der Waals surface area contributed by atoms with E-state index in [-0.39, 0.29) is 11.8 Å². The van der Waals surface area contributed by atoms with Crippen molar-refractivity contribution in [1.82, 2.24) is 14.7 Å². The van der Waals surface area contributed by atoms with Crippen molar-refractivity contribution in [2.45, 2.75) is 26.3 Å². The van der Waals surface area contributed by atoms with Gasteiger partial charge < -0.3 is 10.6 Å². The predicted molar refractivity (Wildman–Crippen MR) is 88.7 cm³/mol. The molecule has 4 rings (SSSR count). The maximum absolute atomic E-state index is 13.1. The number of aromatic nitrogens is 2. The van der Waals surface area contributed by atoms with E-state index in [2.05, 4.69) is 5.10 Å². The number of amides is 2. The second kappa shape index (κ2) is 5.19. The van der Waals surface area contributed by atoms with Gasteiger partial charge in [-0.25, -0.2) is 4.68 Å². The highest BCUT2D eigenvalue weighted by molar-refractivity contribution is 5.97. The van der Waals surface area contributed by atoms with E-state index in [0.29, 0.717) is 18.2 Å². The second-order valence-corrected chi connectivity index (χ2v) is 6.88. The quantitative estimate of drug-likeness (QED) is 0.927. The molecule has 6 heteroatoms. The van der Waals surface area contributed by atoms with Crippen LogP contribution < -0.4 is 5.73 Å². The van der Waals surface area contributed by atoms with Crippen LogP contribution in [0.15, 0.2) is 30.3 Å². The molecule has 2 aliphatic rings. The van der Waals surface area contributed by atoms with Gasteiger partial charge in [-0.3, -0.25) is 9.59 Å². The first-order valence-corrected chi connectivity index (χ1v) is 8.19. The Kier molecular flexibility index (Phi) is 3.23. The summed E-state index contributed by atoms with van der Waals surface area (Å²) in [6, 6.07) is 9.13. The maximum Gasteiger partial charge on any atom is 0.273 e. The molecule has 0 bridgehead atoms. The number of carbonyl (C=O) groups is 2. The lowest BCUT2D eigenvalue weighted by Crippen LogP contribution is -2.46. The van der Waals surface area contributed by atoms with Gasteiger partial charge in [0.15, 0.2) is 0 Å². The Balaban J connectivity index is 1.70. The van der Waals surface area contributed by atoms with Crippen LogP contribution in [0, 0.1) is 25.7 Å². The number of primary amides is 1. The molecule has 1 aliphatic heterocycles. The van der Waals surface area contributed by atoms with Crippen LogP contribution in [0.25, 0.3) is 5.69 Å². The molecular weight excluding hydrogens is 304 g/mol. The van der Waals surface area contributed by atoms with Crippen molar-refractivity contribution >= 4 is 11.8 Å². The van der Waals surface area contributed by atoms with Gasteiger partial charge in [-0.2, -0.15) is 5.10 Å². The Morgan fingerprint density at radius 3 is 2.58 bits per heavy atom. The molecule has 2 fully saturated rings. The molecule has 0 spiro atoms. The normalized spacial score (nSPS) is 24.8. The van der Waals surface area contributed by atoms with E-state index in [4.69, 9.17) is 5.73 Å². The topological polar surface area (TPSA) is 81.2 Å². The predicted octanol–water partition coefficient (Wildman–Crippen LogP) is 1.43. The van der Waals surface area contributed by atoms with Crippen molar-refractivity contribution in [1.29, 1.82) is 0 Å². The van der Waals surface area contributed by atoms with E-state index < -0.39 is 11.9 Å². The van der Waals surface area contributed by atoms with Crippen LogP contribution in [0.5, 0.6) is 0 Å². The summed E-state index contributed by atoms with van der Waals surface area (Å²) in [5.41, 5.74) is 8.75. The molecular formula is C18H20N4O2. The summed E-state index contributed by atoms with van der Waals surface area (Å²) in [4.78, 5) is 26.5. The number of piperidine rings is 1. The van der Waals surface area contributed by atoms with Gasteiger partial charge in [-0.15, -0.1) is 0 Å². The number of fused-ring (bicyclic) bond motifs is 1. The first-order valence-electron chi connectivity index (χ1n) is 8.19. The van der Waals surface area contributed by atoms with E-state index in [1.54, 1.807) is 15.6 Å². The molecule has 24 heavy (non-hydrogen) atoms. The van der Waals surface area contributed by atoms with Crippen LogP contribution in [-0.4, -0.2) is 39.1 Å². The minimum atomic E-state index is -0.482. The van der Waals surface area contributed by atoms with Gasteiger partial charge in [0, 0.05) is 6.54 Å². The highest BCUT2D eigenvalue weighted by atomic mass is 16.2. The van der Waals surface area contributed by atoms with Crippen LogP contribution in [0.2, 0.25) is 0 Å². The van der Waals surface area contributed by atoms with E-state index in [9.17, 15) is 9.59 Å². The molecule has 1 saturated heterocycles. The van der Waals surface area contributed by atoms with Gasteiger partial charge in [0.05, 0.1) is 11.4 Å². The first kappa shape index (κ1) is 14.9. The van der Waals surface area contributed by atoms with Crippen LogP contribution in [-0.2, 0) is 4.79 Å². The summed E-state index contributed by atoms with van der Waals surface area (Å²) in [6.07, 6.45) is 0.994. The van der Waals surface area contributed by atoms with E-state index >= 15 is 0 Å². The maximum atomic E-state index is 13.1. The lowest BCUT2D eigenvalue weighted by molar-refractivity contribution is -0.122. The van der Waals surface area contributed by atoms with Crippen LogP contribution in [0.1, 0.15) is 28.2 Å². The Bertz CT molecular complexity index is 824. The molecule has 2 aromatic rings. The highest BCUT2D eigenvalue weighted by Crippen LogP contribution is 2.49. The molecule has 1 aromatic heterocycles. The van der Waals surface area contributed by atoms with Crippen LogP contribution >= 0.6 is 0 Å².